The third kappa shape index (κ3) is 2.10. The summed E-state index contributed by atoms with van der Waals surface area (Å²) in [5.74, 6) is 0. The maximum atomic E-state index is 2.31. The van der Waals surface area contributed by atoms with Crippen LogP contribution in [-0.2, 0) is 6.42 Å². The summed E-state index contributed by atoms with van der Waals surface area (Å²) in [5.41, 5.74) is 9.64. The van der Waals surface area contributed by atoms with Gasteiger partial charge in [0.2, 0.25) is 0 Å². The standard InChI is InChI=1S/C25H20S/c1-3-16-14-15-17-8-6-12-21-24(17)23(16)19-10-5-4-9-18(19)20-11-7-13-22(26-2)25(20)21/h4-15H,3H2,1-2H3. The van der Waals surface area contributed by atoms with Crippen molar-refractivity contribution in [3.63, 3.8) is 0 Å². The molecule has 1 heteroatoms. The van der Waals surface area contributed by atoms with Gasteiger partial charge in [0.05, 0.1) is 0 Å². The summed E-state index contributed by atoms with van der Waals surface area (Å²) < 4.78 is 0. The highest BCUT2D eigenvalue weighted by molar-refractivity contribution is 7.98. The van der Waals surface area contributed by atoms with Crippen LogP contribution in [0.1, 0.15) is 12.5 Å². The van der Waals surface area contributed by atoms with Gasteiger partial charge in [-0.25, -0.2) is 0 Å². The molecule has 0 unspecified atom stereocenters. The first kappa shape index (κ1) is 15.7. The van der Waals surface area contributed by atoms with Gasteiger partial charge in [0.25, 0.3) is 0 Å². The fraction of sp³-hybridized carbons (Fsp3) is 0.120. The van der Waals surface area contributed by atoms with Crippen molar-refractivity contribution in [3.8, 4) is 33.4 Å². The molecule has 0 saturated heterocycles. The Balaban J connectivity index is 2.10. The molecule has 1 aliphatic rings. The molecule has 0 aromatic heterocycles. The van der Waals surface area contributed by atoms with Crippen LogP contribution in [0.2, 0.25) is 0 Å². The Bertz CT molecular complexity index is 1150. The Morgan fingerprint density at radius 2 is 1.38 bits per heavy atom. The van der Waals surface area contributed by atoms with E-state index in [-0.39, 0.29) is 0 Å². The summed E-state index contributed by atoms with van der Waals surface area (Å²) in [6.07, 6.45) is 3.22. The lowest BCUT2D eigenvalue weighted by Gasteiger charge is -2.15. The van der Waals surface area contributed by atoms with Crippen molar-refractivity contribution in [2.45, 2.75) is 18.2 Å². The van der Waals surface area contributed by atoms with E-state index in [1.54, 1.807) is 0 Å². The lowest BCUT2D eigenvalue weighted by Crippen LogP contribution is -1.91. The largest absolute Gasteiger partial charge is 0.129 e. The first-order valence-electron chi connectivity index (χ1n) is 9.15. The quantitative estimate of drug-likeness (QED) is 0.297. The number of aryl methyl sites for hydroxylation is 1. The number of hydrogen-bond donors (Lipinski definition) is 0. The first-order chi connectivity index (χ1) is 12.8. The molecule has 0 nitrogen and oxygen atoms in total. The molecule has 4 aromatic rings. The molecule has 1 aliphatic carbocycles. The fourth-order valence-corrected chi connectivity index (χ4v) is 5.01. The van der Waals surface area contributed by atoms with Crippen LogP contribution in [-0.4, -0.2) is 6.26 Å². The third-order valence-electron chi connectivity index (χ3n) is 5.51. The van der Waals surface area contributed by atoms with Gasteiger partial charge in [0.1, 0.15) is 0 Å². The SMILES string of the molecule is CCc1ccc2cccc3c2c1-c1ccccc1-c1cccc(SC)c1-3. The Morgan fingerprint density at radius 1 is 0.654 bits per heavy atom. The van der Waals surface area contributed by atoms with Crippen molar-refractivity contribution in [1.29, 1.82) is 0 Å². The van der Waals surface area contributed by atoms with E-state index in [1.165, 1.54) is 54.6 Å². The molecule has 5 rings (SSSR count). The van der Waals surface area contributed by atoms with E-state index >= 15 is 0 Å². The number of thioether (sulfide) groups is 1. The summed E-state index contributed by atoms with van der Waals surface area (Å²) in [6, 6.07) is 27.0. The second kappa shape index (κ2) is 6.03. The zero-order chi connectivity index (χ0) is 17.7. The van der Waals surface area contributed by atoms with Crippen LogP contribution >= 0.6 is 11.8 Å². The van der Waals surface area contributed by atoms with E-state index in [2.05, 4.69) is 86.0 Å². The zero-order valence-corrected chi connectivity index (χ0v) is 15.9. The van der Waals surface area contributed by atoms with E-state index in [1.807, 2.05) is 11.8 Å². The highest BCUT2D eigenvalue weighted by Crippen LogP contribution is 2.50. The molecule has 0 radical (unpaired) electrons. The molecule has 0 spiro atoms. The van der Waals surface area contributed by atoms with Crippen LogP contribution < -0.4 is 0 Å². The monoisotopic (exact) mass is 352 g/mol. The third-order valence-corrected chi connectivity index (χ3v) is 6.29. The summed E-state index contributed by atoms with van der Waals surface area (Å²) >= 11 is 1.84. The number of benzene rings is 4. The highest BCUT2D eigenvalue weighted by Gasteiger charge is 2.24. The molecule has 0 heterocycles. The molecule has 26 heavy (non-hydrogen) atoms. The van der Waals surface area contributed by atoms with Crippen LogP contribution in [0.15, 0.2) is 77.7 Å². The van der Waals surface area contributed by atoms with E-state index in [4.69, 9.17) is 0 Å². The number of fused-ring (bicyclic) bond motifs is 5. The normalized spacial score (nSPS) is 11.8. The minimum Gasteiger partial charge on any atom is -0.129 e. The molecule has 0 aliphatic heterocycles. The van der Waals surface area contributed by atoms with Crippen molar-refractivity contribution >= 4 is 22.5 Å². The van der Waals surface area contributed by atoms with Gasteiger partial charge in [-0.05, 0) is 62.9 Å². The molecule has 0 bridgehead atoms. The van der Waals surface area contributed by atoms with Crippen molar-refractivity contribution in [2.24, 2.45) is 0 Å². The summed E-state index contributed by atoms with van der Waals surface area (Å²) in [7, 11) is 0. The summed E-state index contributed by atoms with van der Waals surface area (Å²) in [5, 5.41) is 2.73. The van der Waals surface area contributed by atoms with Crippen LogP contribution in [0.25, 0.3) is 44.2 Å². The van der Waals surface area contributed by atoms with Gasteiger partial charge < -0.3 is 0 Å². The van der Waals surface area contributed by atoms with E-state index < -0.39 is 0 Å². The average molecular weight is 353 g/mol. The summed E-state index contributed by atoms with van der Waals surface area (Å²) in [6.45, 7) is 2.26. The minimum atomic E-state index is 1.04. The van der Waals surface area contributed by atoms with E-state index in [0.29, 0.717) is 0 Å². The Labute approximate surface area is 158 Å². The van der Waals surface area contributed by atoms with Gasteiger partial charge in [-0.2, -0.15) is 0 Å². The Kier molecular flexibility index (Phi) is 3.65. The molecule has 126 valence electrons. The maximum Gasteiger partial charge on any atom is 0.0154 e. The van der Waals surface area contributed by atoms with Crippen molar-refractivity contribution in [1.82, 2.24) is 0 Å². The highest BCUT2D eigenvalue weighted by atomic mass is 32.2. The van der Waals surface area contributed by atoms with Crippen molar-refractivity contribution in [2.75, 3.05) is 6.26 Å². The lowest BCUT2D eigenvalue weighted by molar-refractivity contribution is 1.15. The fourth-order valence-electron chi connectivity index (χ4n) is 4.37. The van der Waals surface area contributed by atoms with Gasteiger partial charge in [-0.1, -0.05) is 73.7 Å². The molecule has 4 aromatic carbocycles. The Morgan fingerprint density at radius 3 is 2.19 bits per heavy atom. The maximum absolute atomic E-state index is 2.31. The van der Waals surface area contributed by atoms with Crippen molar-refractivity contribution < 1.29 is 0 Å². The molecule has 0 saturated carbocycles. The van der Waals surface area contributed by atoms with Crippen LogP contribution in [0.3, 0.4) is 0 Å². The first-order valence-corrected chi connectivity index (χ1v) is 10.4. The molecule has 0 atom stereocenters. The second-order valence-electron chi connectivity index (χ2n) is 6.79. The van der Waals surface area contributed by atoms with Crippen LogP contribution in [0, 0.1) is 0 Å². The summed E-state index contributed by atoms with van der Waals surface area (Å²) in [4.78, 5) is 1.35. The van der Waals surface area contributed by atoms with Gasteiger partial charge in [-0.3, -0.25) is 0 Å². The van der Waals surface area contributed by atoms with Gasteiger partial charge in [0.15, 0.2) is 0 Å². The second-order valence-corrected chi connectivity index (χ2v) is 7.63. The zero-order valence-electron chi connectivity index (χ0n) is 15.0. The number of rotatable bonds is 2. The van der Waals surface area contributed by atoms with Gasteiger partial charge in [-0.15, -0.1) is 11.8 Å². The van der Waals surface area contributed by atoms with Crippen LogP contribution in [0.4, 0.5) is 0 Å². The molecule has 0 amide bonds. The minimum absolute atomic E-state index is 1.04. The predicted molar refractivity (Wildman–Crippen MR) is 115 cm³/mol. The molecule has 0 fully saturated rings. The topological polar surface area (TPSA) is 0 Å². The molecule has 0 N–H and O–H groups in total. The van der Waals surface area contributed by atoms with Gasteiger partial charge in [0, 0.05) is 10.5 Å². The van der Waals surface area contributed by atoms with Gasteiger partial charge >= 0.3 is 0 Å². The van der Waals surface area contributed by atoms with E-state index in [0.717, 1.165) is 6.42 Å². The lowest BCUT2D eigenvalue weighted by atomic mass is 9.89. The smallest absolute Gasteiger partial charge is 0.0154 e. The Hall–Kier alpha value is -2.51. The average Bonchev–Trinajstić information content (AvgIpc) is 2.83. The van der Waals surface area contributed by atoms with E-state index in [9.17, 15) is 0 Å². The van der Waals surface area contributed by atoms with Crippen LogP contribution in [0.5, 0.6) is 0 Å². The van der Waals surface area contributed by atoms with Crippen molar-refractivity contribution in [3.05, 3.63) is 78.4 Å². The predicted octanol–water partition coefficient (Wildman–Crippen LogP) is 7.44. The molecular formula is C25H20S. The molecular weight excluding hydrogens is 332 g/mol. The number of hydrogen-bond acceptors (Lipinski definition) is 1.